The van der Waals surface area contributed by atoms with Crippen molar-refractivity contribution in [1.82, 2.24) is 9.80 Å². The van der Waals surface area contributed by atoms with E-state index in [0.717, 1.165) is 22.6 Å². The number of ether oxygens (including phenoxy) is 2. The summed E-state index contributed by atoms with van der Waals surface area (Å²) in [6.07, 6.45) is 4.23. The number of hydrogen-bond donors (Lipinski definition) is 0. The van der Waals surface area contributed by atoms with Crippen molar-refractivity contribution in [3.63, 3.8) is 0 Å². The van der Waals surface area contributed by atoms with Crippen LogP contribution in [-0.4, -0.2) is 61.0 Å². The molecule has 1 fully saturated rings. The number of carbonyl (C=O) groups is 2. The average molecular weight is 398 g/mol. The van der Waals surface area contributed by atoms with E-state index in [-0.39, 0.29) is 11.8 Å². The molecule has 2 aliphatic rings. The van der Waals surface area contributed by atoms with Crippen LogP contribution >= 0.6 is 11.3 Å². The van der Waals surface area contributed by atoms with Crippen molar-refractivity contribution < 1.29 is 19.1 Å². The summed E-state index contributed by atoms with van der Waals surface area (Å²) < 4.78 is 11.3. The highest BCUT2D eigenvalue weighted by Gasteiger charge is 2.24. The predicted octanol–water partition coefficient (Wildman–Crippen LogP) is 2.91. The lowest BCUT2D eigenvalue weighted by molar-refractivity contribution is -0.127. The Kier molecular flexibility index (Phi) is 5.62. The minimum atomic E-state index is -0.0460. The van der Waals surface area contributed by atoms with Crippen LogP contribution in [-0.2, 0) is 4.79 Å². The second kappa shape index (κ2) is 8.48. The van der Waals surface area contributed by atoms with Crippen molar-refractivity contribution in [2.75, 3.05) is 39.4 Å². The monoisotopic (exact) mass is 398 g/mol. The number of amides is 2. The normalized spacial score (nSPS) is 16.9. The Morgan fingerprint density at radius 2 is 1.71 bits per heavy atom. The Morgan fingerprint density at radius 1 is 0.964 bits per heavy atom. The van der Waals surface area contributed by atoms with Gasteiger partial charge >= 0.3 is 0 Å². The van der Waals surface area contributed by atoms with Gasteiger partial charge in [0.15, 0.2) is 11.5 Å². The Hall–Kier alpha value is -2.80. The van der Waals surface area contributed by atoms with Crippen molar-refractivity contribution in [3.8, 4) is 11.5 Å². The van der Waals surface area contributed by atoms with Gasteiger partial charge in [0.2, 0.25) is 5.91 Å². The fourth-order valence-corrected chi connectivity index (χ4v) is 3.93. The van der Waals surface area contributed by atoms with Gasteiger partial charge in [-0.25, -0.2) is 0 Å². The van der Waals surface area contributed by atoms with Gasteiger partial charge in [0, 0.05) is 38.7 Å². The maximum Gasteiger partial charge on any atom is 0.264 e. The van der Waals surface area contributed by atoms with Crippen molar-refractivity contribution in [3.05, 3.63) is 52.2 Å². The van der Waals surface area contributed by atoms with Crippen LogP contribution in [0.5, 0.6) is 11.5 Å². The molecule has 0 atom stereocenters. The molecule has 0 bridgehead atoms. The molecule has 6 nitrogen and oxygen atoms in total. The van der Waals surface area contributed by atoms with Crippen molar-refractivity contribution in [1.29, 1.82) is 0 Å². The largest absolute Gasteiger partial charge is 0.490 e. The maximum absolute atomic E-state index is 12.5. The molecule has 3 heterocycles. The lowest BCUT2D eigenvalue weighted by atomic mass is 10.2. The standard InChI is InChI=1S/C21H22N2O4S/c24-20(7-5-16-4-6-17-18(15-16)27-13-2-12-26-17)22-8-10-23(11-9-22)21(25)19-3-1-14-28-19/h1,3-7,14-15H,2,8-13H2. The molecule has 0 aliphatic carbocycles. The Morgan fingerprint density at radius 3 is 2.46 bits per heavy atom. The molecule has 4 rings (SSSR count). The first-order valence-electron chi connectivity index (χ1n) is 9.40. The first kappa shape index (κ1) is 18.6. The van der Waals surface area contributed by atoms with E-state index in [1.807, 2.05) is 40.6 Å². The molecule has 0 spiro atoms. The fraction of sp³-hybridized carbons (Fsp3) is 0.333. The summed E-state index contributed by atoms with van der Waals surface area (Å²) in [6, 6.07) is 9.39. The zero-order valence-electron chi connectivity index (χ0n) is 15.5. The molecule has 0 N–H and O–H groups in total. The highest BCUT2D eigenvalue weighted by atomic mass is 32.1. The Bertz CT molecular complexity index is 871. The van der Waals surface area contributed by atoms with Crippen LogP contribution in [0.3, 0.4) is 0 Å². The third-order valence-corrected chi connectivity index (χ3v) is 5.66. The third kappa shape index (κ3) is 4.20. The van der Waals surface area contributed by atoms with Crippen LogP contribution in [0, 0.1) is 0 Å². The highest BCUT2D eigenvalue weighted by molar-refractivity contribution is 7.12. The number of benzene rings is 1. The quantitative estimate of drug-likeness (QED) is 0.746. The van der Waals surface area contributed by atoms with Gasteiger partial charge in [-0.3, -0.25) is 9.59 Å². The van der Waals surface area contributed by atoms with Crippen LogP contribution in [0.2, 0.25) is 0 Å². The summed E-state index contributed by atoms with van der Waals surface area (Å²) in [6.45, 7) is 3.48. The summed E-state index contributed by atoms with van der Waals surface area (Å²) in [4.78, 5) is 29.2. The molecular weight excluding hydrogens is 376 g/mol. The van der Waals surface area contributed by atoms with Crippen LogP contribution in [0.25, 0.3) is 6.08 Å². The second-order valence-electron chi connectivity index (χ2n) is 6.68. The Labute approximate surface area is 168 Å². The minimum absolute atomic E-state index is 0.0460. The summed E-state index contributed by atoms with van der Waals surface area (Å²) in [7, 11) is 0. The number of hydrogen-bond acceptors (Lipinski definition) is 5. The van der Waals surface area contributed by atoms with Crippen LogP contribution in [0.4, 0.5) is 0 Å². The zero-order chi connectivity index (χ0) is 19.3. The summed E-state index contributed by atoms with van der Waals surface area (Å²) in [5.74, 6) is 1.46. The van der Waals surface area contributed by atoms with Gasteiger partial charge in [0.05, 0.1) is 18.1 Å². The van der Waals surface area contributed by atoms with E-state index >= 15 is 0 Å². The first-order valence-corrected chi connectivity index (χ1v) is 10.3. The second-order valence-corrected chi connectivity index (χ2v) is 7.63. The lowest BCUT2D eigenvalue weighted by Gasteiger charge is -2.34. The number of thiophene rings is 1. The molecular formula is C21H22N2O4S. The molecule has 0 saturated carbocycles. The van der Waals surface area contributed by atoms with E-state index < -0.39 is 0 Å². The zero-order valence-corrected chi connectivity index (χ0v) is 16.3. The molecule has 0 radical (unpaired) electrons. The number of piperazine rings is 1. The summed E-state index contributed by atoms with van der Waals surface area (Å²) in [5, 5.41) is 1.90. The van der Waals surface area contributed by atoms with E-state index in [9.17, 15) is 9.59 Å². The van der Waals surface area contributed by atoms with Crippen molar-refractivity contribution >= 4 is 29.2 Å². The number of carbonyl (C=O) groups excluding carboxylic acids is 2. The fourth-order valence-electron chi connectivity index (χ4n) is 3.24. The average Bonchev–Trinajstić information content (AvgIpc) is 3.17. The molecule has 1 aromatic heterocycles. The summed E-state index contributed by atoms with van der Waals surface area (Å²) >= 11 is 1.45. The minimum Gasteiger partial charge on any atom is -0.490 e. The highest BCUT2D eigenvalue weighted by Crippen LogP contribution is 2.30. The van der Waals surface area contributed by atoms with Crippen LogP contribution in [0.15, 0.2) is 41.8 Å². The first-order chi connectivity index (χ1) is 13.7. The molecule has 0 unspecified atom stereocenters. The molecule has 28 heavy (non-hydrogen) atoms. The SMILES string of the molecule is O=C(C=Cc1ccc2c(c1)OCCCO2)N1CCN(C(=O)c2cccs2)CC1. The number of rotatable bonds is 3. The molecule has 2 aromatic rings. The summed E-state index contributed by atoms with van der Waals surface area (Å²) in [5.41, 5.74) is 0.893. The molecule has 2 aliphatic heterocycles. The van der Waals surface area contributed by atoms with E-state index in [1.54, 1.807) is 17.1 Å². The van der Waals surface area contributed by atoms with E-state index in [0.29, 0.717) is 45.1 Å². The van der Waals surface area contributed by atoms with E-state index in [2.05, 4.69) is 0 Å². The molecule has 1 aromatic carbocycles. The van der Waals surface area contributed by atoms with Gasteiger partial charge in [0.25, 0.3) is 5.91 Å². The molecule has 7 heteroatoms. The smallest absolute Gasteiger partial charge is 0.264 e. The predicted molar refractivity (Wildman–Crippen MR) is 108 cm³/mol. The number of nitrogens with zero attached hydrogens (tertiary/aromatic N) is 2. The van der Waals surface area contributed by atoms with E-state index in [1.165, 1.54) is 11.3 Å². The van der Waals surface area contributed by atoms with E-state index in [4.69, 9.17) is 9.47 Å². The van der Waals surface area contributed by atoms with Gasteiger partial charge in [-0.2, -0.15) is 0 Å². The molecule has 1 saturated heterocycles. The van der Waals surface area contributed by atoms with Crippen molar-refractivity contribution in [2.24, 2.45) is 0 Å². The Balaban J connectivity index is 1.33. The maximum atomic E-state index is 12.5. The lowest BCUT2D eigenvalue weighted by Crippen LogP contribution is -2.50. The third-order valence-electron chi connectivity index (χ3n) is 4.80. The van der Waals surface area contributed by atoms with Gasteiger partial charge < -0.3 is 19.3 Å². The van der Waals surface area contributed by atoms with Crippen LogP contribution < -0.4 is 9.47 Å². The van der Waals surface area contributed by atoms with Gasteiger partial charge in [0.1, 0.15) is 0 Å². The van der Waals surface area contributed by atoms with Crippen LogP contribution in [0.1, 0.15) is 21.7 Å². The van der Waals surface area contributed by atoms with Gasteiger partial charge in [-0.15, -0.1) is 11.3 Å². The molecule has 146 valence electrons. The van der Waals surface area contributed by atoms with Gasteiger partial charge in [-0.05, 0) is 35.2 Å². The van der Waals surface area contributed by atoms with Crippen molar-refractivity contribution in [2.45, 2.75) is 6.42 Å². The number of fused-ring (bicyclic) bond motifs is 1. The van der Waals surface area contributed by atoms with Gasteiger partial charge in [-0.1, -0.05) is 12.1 Å². The molecule has 2 amide bonds. The topological polar surface area (TPSA) is 59.1 Å².